The van der Waals surface area contributed by atoms with E-state index < -0.39 is 6.17 Å². The molecule has 0 aromatic heterocycles. The summed E-state index contributed by atoms with van der Waals surface area (Å²) in [7, 11) is 0. The van der Waals surface area contributed by atoms with Gasteiger partial charge in [0.25, 0.3) is 0 Å². The first-order valence-corrected chi connectivity index (χ1v) is 6.01. The van der Waals surface area contributed by atoms with Crippen molar-refractivity contribution in [3.05, 3.63) is 35.4 Å². The minimum Gasteiger partial charge on any atom is -0.243 e. The third kappa shape index (κ3) is 2.58. The molecule has 0 bridgehead atoms. The minimum atomic E-state index is -0.842. The number of halogens is 1. The molecule has 82 valence electrons. The van der Waals surface area contributed by atoms with E-state index in [4.69, 9.17) is 0 Å². The topological polar surface area (TPSA) is 0 Å². The Labute approximate surface area is 91.5 Å². The molecule has 0 aliphatic heterocycles. The van der Waals surface area contributed by atoms with E-state index >= 15 is 0 Å². The first kappa shape index (κ1) is 10.7. The summed E-state index contributed by atoms with van der Waals surface area (Å²) in [5.41, 5.74) is 2.20. The van der Waals surface area contributed by atoms with Crippen molar-refractivity contribution in [1.29, 1.82) is 0 Å². The summed E-state index contributed by atoms with van der Waals surface area (Å²) in [4.78, 5) is 0. The zero-order valence-electron chi connectivity index (χ0n) is 9.38. The Bertz CT molecular complexity index is 294. The Morgan fingerprint density at radius 3 is 2.20 bits per heavy atom. The van der Waals surface area contributed by atoms with Gasteiger partial charge in [0.05, 0.1) is 0 Å². The van der Waals surface area contributed by atoms with Crippen LogP contribution in [0.3, 0.4) is 0 Å². The lowest BCUT2D eigenvalue weighted by Gasteiger charge is -2.22. The molecule has 1 aromatic rings. The van der Waals surface area contributed by atoms with Gasteiger partial charge in [-0.1, -0.05) is 43.5 Å². The van der Waals surface area contributed by atoms with Crippen LogP contribution in [0, 0.1) is 0 Å². The molecule has 1 saturated carbocycles. The zero-order chi connectivity index (χ0) is 10.7. The second-order valence-corrected chi connectivity index (χ2v) is 4.62. The fourth-order valence-electron chi connectivity index (χ4n) is 2.47. The number of alkyl halides is 1. The average Bonchev–Trinajstić information content (AvgIpc) is 2.30. The molecular formula is C14H19F. The molecule has 1 fully saturated rings. The molecule has 0 saturated heterocycles. The second-order valence-electron chi connectivity index (χ2n) is 4.62. The molecule has 1 aliphatic carbocycles. The SMILES string of the molecule is CC(F)c1ccc(C2CCCCC2)cc1. The molecule has 0 spiro atoms. The van der Waals surface area contributed by atoms with Gasteiger partial charge in [-0.2, -0.15) is 0 Å². The highest BCUT2D eigenvalue weighted by atomic mass is 19.1. The molecule has 0 radical (unpaired) electrons. The minimum absolute atomic E-state index is 0.725. The molecule has 1 aromatic carbocycles. The summed E-state index contributed by atoms with van der Waals surface area (Å²) in [5.74, 6) is 0.725. The first-order valence-electron chi connectivity index (χ1n) is 6.01. The zero-order valence-corrected chi connectivity index (χ0v) is 9.38. The van der Waals surface area contributed by atoms with Gasteiger partial charge in [0.15, 0.2) is 0 Å². The highest BCUT2D eigenvalue weighted by Gasteiger charge is 2.15. The van der Waals surface area contributed by atoms with Crippen molar-refractivity contribution in [1.82, 2.24) is 0 Å². The molecule has 0 amide bonds. The fourth-order valence-corrected chi connectivity index (χ4v) is 2.47. The largest absolute Gasteiger partial charge is 0.243 e. The molecule has 1 unspecified atom stereocenters. The first-order chi connectivity index (χ1) is 7.27. The van der Waals surface area contributed by atoms with Gasteiger partial charge in [0.2, 0.25) is 0 Å². The quantitative estimate of drug-likeness (QED) is 0.654. The predicted octanol–water partition coefficient (Wildman–Crippen LogP) is 4.76. The van der Waals surface area contributed by atoms with Crippen molar-refractivity contribution in [2.24, 2.45) is 0 Å². The van der Waals surface area contributed by atoms with Crippen LogP contribution in [-0.4, -0.2) is 0 Å². The van der Waals surface area contributed by atoms with Gasteiger partial charge in [-0.3, -0.25) is 0 Å². The van der Waals surface area contributed by atoms with E-state index in [2.05, 4.69) is 12.1 Å². The smallest absolute Gasteiger partial charge is 0.122 e. The fraction of sp³-hybridized carbons (Fsp3) is 0.571. The number of hydrogen-bond acceptors (Lipinski definition) is 0. The van der Waals surface area contributed by atoms with Gasteiger partial charge in [-0.15, -0.1) is 0 Å². The van der Waals surface area contributed by atoms with Gasteiger partial charge in [-0.25, -0.2) is 4.39 Å². The third-order valence-corrected chi connectivity index (χ3v) is 3.47. The van der Waals surface area contributed by atoms with Crippen LogP contribution in [-0.2, 0) is 0 Å². The van der Waals surface area contributed by atoms with Crippen LogP contribution in [0.25, 0.3) is 0 Å². The highest BCUT2D eigenvalue weighted by molar-refractivity contribution is 5.26. The lowest BCUT2D eigenvalue weighted by molar-refractivity contribution is 0.374. The Hall–Kier alpha value is -0.850. The van der Waals surface area contributed by atoms with E-state index in [-0.39, 0.29) is 0 Å². The Morgan fingerprint density at radius 1 is 1.07 bits per heavy atom. The molecule has 0 nitrogen and oxygen atoms in total. The van der Waals surface area contributed by atoms with E-state index in [9.17, 15) is 4.39 Å². The molecule has 2 rings (SSSR count). The summed E-state index contributed by atoms with van der Waals surface area (Å²) in [6, 6.07) is 8.10. The van der Waals surface area contributed by atoms with Crippen LogP contribution in [0.4, 0.5) is 4.39 Å². The maximum absolute atomic E-state index is 13.0. The van der Waals surface area contributed by atoms with Crippen molar-refractivity contribution < 1.29 is 4.39 Å². The normalized spacial score (nSPS) is 20.1. The summed E-state index contributed by atoms with van der Waals surface area (Å²) in [6.45, 7) is 1.59. The van der Waals surface area contributed by atoms with Crippen molar-refractivity contribution in [2.75, 3.05) is 0 Å². The van der Waals surface area contributed by atoms with Crippen molar-refractivity contribution in [3.63, 3.8) is 0 Å². The lowest BCUT2D eigenvalue weighted by Crippen LogP contribution is -2.04. The lowest BCUT2D eigenvalue weighted by atomic mass is 9.84. The van der Waals surface area contributed by atoms with E-state index in [0.29, 0.717) is 0 Å². The Kier molecular flexibility index (Phi) is 3.40. The van der Waals surface area contributed by atoms with Crippen molar-refractivity contribution >= 4 is 0 Å². The highest BCUT2D eigenvalue weighted by Crippen LogP contribution is 2.33. The summed E-state index contributed by atoms with van der Waals surface area (Å²) in [6.07, 6.45) is 5.87. The number of benzene rings is 1. The molecule has 1 aliphatic rings. The standard InChI is InChI=1S/C14H19F/c1-11(15)12-7-9-14(10-8-12)13-5-3-2-4-6-13/h7-11,13H,2-6H2,1H3. The van der Waals surface area contributed by atoms with Crippen LogP contribution in [0.1, 0.15) is 62.2 Å². The van der Waals surface area contributed by atoms with Crippen molar-refractivity contribution in [2.45, 2.75) is 51.1 Å². The van der Waals surface area contributed by atoms with Crippen LogP contribution in [0.2, 0.25) is 0 Å². The molecule has 1 atom stereocenters. The van der Waals surface area contributed by atoms with Gasteiger partial charge in [0, 0.05) is 0 Å². The van der Waals surface area contributed by atoms with Crippen LogP contribution < -0.4 is 0 Å². The van der Waals surface area contributed by atoms with Gasteiger partial charge in [-0.05, 0) is 36.8 Å². The van der Waals surface area contributed by atoms with E-state index in [0.717, 1.165) is 11.5 Å². The van der Waals surface area contributed by atoms with E-state index in [1.807, 2.05) is 12.1 Å². The van der Waals surface area contributed by atoms with Crippen LogP contribution >= 0.6 is 0 Å². The van der Waals surface area contributed by atoms with Crippen molar-refractivity contribution in [3.8, 4) is 0 Å². The summed E-state index contributed by atoms with van der Waals surface area (Å²) < 4.78 is 13.0. The monoisotopic (exact) mass is 206 g/mol. The molecule has 15 heavy (non-hydrogen) atoms. The summed E-state index contributed by atoms with van der Waals surface area (Å²) in [5, 5.41) is 0. The maximum atomic E-state index is 13.0. The third-order valence-electron chi connectivity index (χ3n) is 3.47. The number of hydrogen-bond donors (Lipinski definition) is 0. The molecule has 0 heterocycles. The van der Waals surface area contributed by atoms with Crippen LogP contribution in [0.15, 0.2) is 24.3 Å². The van der Waals surface area contributed by atoms with Crippen LogP contribution in [0.5, 0.6) is 0 Å². The Morgan fingerprint density at radius 2 is 1.67 bits per heavy atom. The van der Waals surface area contributed by atoms with E-state index in [1.54, 1.807) is 6.92 Å². The Balaban J connectivity index is 2.08. The average molecular weight is 206 g/mol. The van der Waals surface area contributed by atoms with Gasteiger partial charge < -0.3 is 0 Å². The van der Waals surface area contributed by atoms with Gasteiger partial charge >= 0.3 is 0 Å². The predicted molar refractivity (Wildman–Crippen MR) is 61.8 cm³/mol. The van der Waals surface area contributed by atoms with Gasteiger partial charge in [0.1, 0.15) is 6.17 Å². The number of rotatable bonds is 2. The molecule has 1 heteroatoms. The van der Waals surface area contributed by atoms with E-state index in [1.165, 1.54) is 37.7 Å². The molecular weight excluding hydrogens is 187 g/mol. The second kappa shape index (κ2) is 4.78. The maximum Gasteiger partial charge on any atom is 0.122 e. The molecule has 0 N–H and O–H groups in total. The summed E-state index contributed by atoms with van der Waals surface area (Å²) >= 11 is 0.